The standard InChI is InChI=1S/C49H31F6N9/c1-25-57-26(2)60-46(59-25)29-13-15-42-38(19-29)35-9-5-7-11-40(35)63(42)44-23-37(31-17-33(48(50,51)52)22-34(18-31)49(53,54)55)45(21-32(44)24-56)64-41-12-8-6-10-36(41)39-20-30(14-16-43(39)64)47-61-27(3)58-28(4)62-47/h5-23H,1-4H3. The smallest absolute Gasteiger partial charge is 0.309 e. The van der Waals surface area contributed by atoms with Crippen LogP contribution in [0, 0.1) is 39.0 Å². The second-order valence-electron chi connectivity index (χ2n) is 15.5. The van der Waals surface area contributed by atoms with Crippen LogP contribution in [0.15, 0.2) is 115 Å². The molecule has 0 spiro atoms. The molecule has 10 aromatic rings. The van der Waals surface area contributed by atoms with E-state index in [-0.39, 0.29) is 34.1 Å². The molecule has 0 fully saturated rings. The van der Waals surface area contributed by atoms with Crippen molar-refractivity contribution in [3.8, 4) is 51.3 Å². The predicted octanol–water partition coefficient (Wildman–Crippen LogP) is 12.4. The van der Waals surface area contributed by atoms with Gasteiger partial charge in [-0.15, -0.1) is 0 Å². The minimum Gasteiger partial charge on any atom is -0.309 e. The van der Waals surface area contributed by atoms with Crippen molar-refractivity contribution in [2.24, 2.45) is 0 Å². The first-order valence-corrected chi connectivity index (χ1v) is 19.9. The summed E-state index contributed by atoms with van der Waals surface area (Å²) in [5.74, 6) is 3.01. The topological polar surface area (TPSA) is 111 Å². The Bertz CT molecular complexity index is 3540. The van der Waals surface area contributed by atoms with Gasteiger partial charge in [-0.2, -0.15) is 31.6 Å². The molecule has 4 aromatic heterocycles. The molecule has 10 rings (SSSR count). The lowest BCUT2D eigenvalue weighted by Crippen LogP contribution is -2.11. The Kier molecular flexibility index (Phi) is 9.12. The Morgan fingerprint density at radius 3 is 1.30 bits per heavy atom. The number of alkyl halides is 6. The fraction of sp³-hybridized carbons (Fsp3) is 0.122. The number of fused-ring (bicyclic) bond motifs is 6. The highest BCUT2D eigenvalue weighted by atomic mass is 19.4. The minimum atomic E-state index is -5.12. The highest BCUT2D eigenvalue weighted by Gasteiger charge is 2.37. The predicted molar refractivity (Wildman–Crippen MR) is 232 cm³/mol. The molecule has 64 heavy (non-hydrogen) atoms. The van der Waals surface area contributed by atoms with Crippen LogP contribution >= 0.6 is 0 Å². The summed E-state index contributed by atoms with van der Waals surface area (Å²) in [4.78, 5) is 26.7. The first-order valence-electron chi connectivity index (χ1n) is 19.9. The Morgan fingerprint density at radius 2 is 0.859 bits per heavy atom. The first kappa shape index (κ1) is 40.1. The van der Waals surface area contributed by atoms with Crippen molar-refractivity contribution in [3.63, 3.8) is 0 Å². The minimum absolute atomic E-state index is 0.0136. The van der Waals surface area contributed by atoms with E-state index in [2.05, 4.69) is 36.0 Å². The monoisotopic (exact) mass is 859 g/mol. The van der Waals surface area contributed by atoms with Gasteiger partial charge in [0.25, 0.3) is 0 Å². The average Bonchev–Trinajstić information content (AvgIpc) is 3.76. The number of aromatic nitrogens is 8. The summed E-state index contributed by atoms with van der Waals surface area (Å²) in [6.07, 6.45) is -10.2. The molecule has 0 saturated carbocycles. The van der Waals surface area contributed by atoms with E-state index in [4.69, 9.17) is 0 Å². The lowest BCUT2D eigenvalue weighted by Gasteiger charge is -2.20. The molecule has 0 aliphatic carbocycles. The van der Waals surface area contributed by atoms with Crippen LogP contribution in [0.2, 0.25) is 0 Å². The van der Waals surface area contributed by atoms with Crippen LogP contribution in [0.5, 0.6) is 0 Å². The van der Waals surface area contributed by atoms with E-state index in [1.54, 1.807) is 55.0 Å². The van der Waals surface area contributed by atoms with Crippen LogP contribution in [0.3, 0.4) is 0 Å². The zero-order valence-corrected chi connectivity index (χ0v) is 34.3. The second kappa shape index (κ2) is 14.6. The zero-order chi connectivity index (χ0) is 44.8. The molecule has 9 nitrogen and oxygen atoms in total. The molecule has 314 valence electrons. The molecule has 15 heteroatoms. The summed E-state index contributed by atoms with van der Waals surface area (Å²) in [6.45, 7) is 7.05. The van der Waals surface area contributed by atoms with E-state index in [1.807, 2.05) is 66.7 Å². The van der Waals surface area contributed by atoms with Crippen LogP contribution in [0.25, 0.3) is 88.9 Å². The maximum absolute atomic E-state index is 14.6. The van der Waals surface area contributed by atoms with Crippen LogP contribution < -0.4 is 0 Å². The van der Waals surface area contributed by atoms with Gasteiger partial charge in [0.05, 0.1) is 50.1 Å². The lowest BCUT2D eigenvalue weighted by atomic mass is 9.95. The van der Waals surface area contributed by atoms with E-state index in [0.29, 0.717) is 73.5 Å². The van der Waals surface area contributed by atoms with Crippen LogP contribution in [0.1, 0.15) is 40.0 Å². The third-order valence-corrected chi connectivity index (χ3v) is 11.2. The molecule has 0 atom stereocenters. The van der Waals surface area contributed by atoms with Crippen molar-refractivity contribution in [3.05, 3.63) is 155 Å². The number of nitriles is 1. The number of benzene rings is 6. The molecule has 0 saturated heterocycles. The van der Waals surface area contributed by atoms with Crippen molar-refractivity contribution < 1.29 is 26.3 Å². The molecular formula is C49H31F6N9. The summed E-state index contributed by atoms with van der Waals surface area (Å²) in [6, 6.07) is 32.7. The quantitative estimate of drug-likeness (QED) is 0.158. The fourth-order valence-electron chi connectivity index (χ4n) is 8.61. The normalized spacial score (nSPS) is 12.2. The molecular weight excluding hydrogens is 829 g/mol. The number of hydrogen-bond donors (Lipinski definition) is 0. The van der Waals surface area contributed by atoms with E-state index in [9.17, 15) is 31.6 Å². The lowest BCUT2D eigenvalue weighted by molar-refractivity contribution is -0.143. The number of rotatable bonds is 5. The Morgan fingerprint density at radius 1 is 0.438 bits per heavy atom. The van der Waals surface area contributed by atoms with Crippen LogP contribution in [-0.4, -0.2) is 39.0 Å². The van der Waals surface area contributed by atoms with E-state index in [1.165, 1.54) is 12.1 Å². The van der Waals surface area contributed by atoms with Gasteiger partial charge in [-0.1, -0.05) is 36.4 Å². The number of para-hydroxylation sites is 2. The molecule has 0 radical (unpaired) electrons. The van der Waals surface area contributed by atoms with Gasteiger partial charge in [0, 0.05) is 38.2 Å². The van der Waals surface area contributed by atoms with Gasteiger partial charge in [-0.25, -0.2) is 29.9 Å². The van der Waals surface area contributed by atoms with Gasteiger partial charge >= 0.3 is 12.4 Å². The van der Waals surface area contributed by atoms with Crippen LogP contribution in [-0.2, 0) is 12.4 Å². The second-order valence-corrected chi connectivity index (χ2v) is 15.5. The van der Waals surface area contributed by atoms with E-state index < -0.39 is 23.5 Å². The van der Waals surface area contributed by atoms with Gasteiger partial charge < -0.3 is 9.13 Å². The summed E-state index contributed by atoms with van der Waals surface area (Å²) >= 11 is 0. The molecule has 0 unspecified atom stereocenters. The van der Waals surface area contributed by atoms with Crippen molar-refractivity contribution in [2.45, 2.75) is 40.0 Å². The number of hydrogen-bond acceptors (Lipinski definition) is 7. The Balaban J connectivity index is 1.30. The van der Waals surface area contributed by atoms with Crippen molar-refractivity contribution >= 4 is 43.6 Å². The SMILES string of the molecule is Cc1nc(C)nc(-c2ccc3c(c2)c2ccccc2n3-c2cc(-c3cc(C(F)(F)F)cc(C(F)(F)F)c3)c(-n3c4ccccc4c4cc(-c5nc(C)nc(C)n5)ccc43)cc2C#N)n1. The number of halogens is 6. The van der Waals surface area contributed by atoms with Gasteiger partial charge in [0.1, 0.15) is 29.4 Å². The molecule has 0 aliphatic rings. The highest BCUT2D eigenvalue weighted by Crippen LogP contribution is 2.45. The van der Waals surface area contributed by atoms with Crippen molar-refractivity contribution in [1.82, 2.24) is 39.0 Å². The third-order valence-electron chi connectivity index (χ3n) is 11.2. The van der Waals surface area contributed by atoms with E-state index in [0.717, 1.165) is 28.3 Å². The summed E-state index contributed by atoms with van der Waals surface area (Å²) in [7, 11) is 0. The van der Waals surface area contributed by atoms with Gasteiger partial charge in [0.15, 0.2) is 11.6 Å². The highest BCUT2D eigenvalue weighted by molar-refractivity contribution is 6.12. The third kappa shape index (κ3) is 6.74. The molecule has 6 aromatic carbocycles. The molecule has 0 N–H and O–H groups in total. The van der Waals surface area contributed by atoms with Crippen molar-refractivity contribution in [1.29, 1.82) is 5.26 Å². The van der Waals surface area contributed by atoms with Crippen LogP contribution in [0.4, 0.5) is 26.3 Å². The summed E-state index contributed by atoms with van der Waals surface area (Å²) in [5, 5.41) is 14.0. The Hall–Kier alpha value is -7.99. The van der Waals surface area contributed by atoms with Gasteiger partial charge in [0.2, 0.25) is 0 Å². The summed E-state index contributed by atoms with van der Waals surface area (Å²) in [5.41, 5.74) is 1.02. The fourth-order valence-corrected chi connectivity index (χ4v) is 8.61. The Labute approximate surface area is 360 Å². The number of aryl methyl sites for hydroxylation is 4. The molecule has 4 heterocycles. The number of nitrogens with zero attached hydrogens (tertiary/aromatic N) is 9. The zero-order valence-electron chi connectivity index (χ0n) is 34.3. The maximum atomic E-state index is 14.6. The van der Waals surface area contributed by atoms with Crippen molar-refractivity contribution in [2.75, 3.05) is 0 Å². The molecule has 0 amide bonds. The summed E-state index contributed by atoms with van der Waals surface area (Å²) < 4.78 is 91.1. The van der Waals surface area contributed by atoms with Gasteiger partial charge in [-0.05, 0) is 112 Å². The van der Waals surface area contributed by atoms with Gasteiger partial charge in [-0.3, -0.25) is 0 Å². The first-order chi connectivity index (χ1) is 30.5. The largest absolute Gasteiger partial charge is 0.416 e. The average molecular weight is 860 g/mol. The molecule has 0 bridgehead atoms. The van der Waals surface area contributed by atoms with E-state index >= 15 is 0 Å². The molecule has 0 aliphatic heterocycles. The maximum Gasteiger partial charge on any atom is 0.416 e.